The number of ether oxygens (including phenoxy) is 1. The lowest BCUT2D eigenvalue weighted by Gasteiger charge is -2.16. The molecule has 31 heavy (non-hydrogen) atoms. The van der Waals surface area contributed by atoms with Gasteiger partial charge in [-0.15, -0.1) is 0 Å². The van der Waals surface area contributed by atoms with Gasteiger partial charge in [0.2, 0.25) is 5.28 Å². The number of halogens is 1. The molecule has 1 fully saturated rings. The van der Waals surface area contributed by atoms with Gasteiger partial charge in [-0.1, -0.05) is 6.07 Å². The number of aliphatic hydroxyl groups is 3. The van der Waals surface area contributed by atoms with E-state index in [4.69, 9.17) is 43.1 Å². The quantitative estimate of drug-likeness (QED) is 0.193. The van der Waals surface area contributed by atoms with Gasteiger partial charge in [-0.3, -0.25) is 4.57 Å². The number of phenolic OH excluding ortho intramolecular Hbond substituents is 2. The maximum atomic E-state index is 9.99. The topological polar surface area (TPSA) is 206 Å². The van der Waals surface area contributed by atoms with E-state index >= 15 is 0 Å². The second-order valence-corrected chi connectivity index (χ2v) is 7.13. The van der Waals surface area contributed by atoms with Crippen LogP contribution in [-0.2, 0) is 11.2 Å². The third-order valence-electron chi connectivity index (χ3n) is 4.69. The molecule has 0 unspecified atom stereocenters. The lowest BCUT2D eigenvalue weighted by molar-refractivity contribution is -0.0511. The number of fused-ring (bicyclic) bond motifs is 1. The Morgan fingerprint density at radius 3 is 2.48 bits per heavy atom. The largest absolute Gasteiger partial charge is 0.504 e. The first-order valence-corrected chi connectivity index (χ1v) is 9.63. The molecule has 4 atom stereocenters. The summed E-state index contributed by atoms with van der Waals surface area (Å²) in [4.78, 5) is 11.8. The molecule has 9 N–H and O–H groups in total. The molecule has 0 bridgehead atoms. The van der Waals surface area contributed by atoms with Gasteiger partial charge < -0.3 is 41.7 Å². The van der Waals surface area contributed by atoms with E-state index in [0.717, 1.165) is 5.56 Å². The number of hydrogen-bond acceptors (Lipinski definition) is 11. The van der Waals surface area contributed by atoms with Crippen LogP contribution in [0.25, 0.3) is 11.2 Å². The minimum atomic E-state index is -1.24. The predicted octanol–water partition coefficient (Wildman–Crippen LogP) is -0.728. The molecular formula is C18H23ClN6O6. The molecule has 1 aromatic carbocycles. The van der Waals surface area contributed by atoms with Crippen LogP contribution in [0.1, 0.15) is 11.8 Å². The van der Waals surface area contributed by atoms with Gasteiger partial charge >= 0.3 is 0 Å². The van der Waals surface area contributed by atoms with Crippen molar-refractivity contribution >= 4 is 28.6 Å². The number of nitrogens with zero attached hydrogens (tertiary/aromatic N) is 4. The zero-order valence-electron chi connectivity index (χ0n) is 16.2. The second kappa shape index (κ2) is 9.60. The first-order valence-electron chi connectivity index (χ1n) is 9.25. The van der Waals surface area contributed by atoms with Crippen LogP contribution in [0.2, 0.25) is 5.28 Å². The predicted molar refractivity (Wildman–Crippen MR) is 110 cm³/mol. The van der Waals surface area contributed by atoms with Crippen LogP contribution in [0.3, 0.4) is 0 Å². The number of benzene rings is 1. The first kappa shape index (κ1) is 22.9. The van der Waals surface area contributed by atoms with E-state index in [2.05, 4.69) is 15.0 Å². The summed E-state index contributed by atoms with van der Waals surface area (Å²) in [5, 5.41) is 46.7. The maximum Gasteiger partial charge on any atom is 0.226 e. The molecule has 1 saturated heterocycles. The summed E-state index contributed by atoms with van der Waals surface area (Å²) < 4.78 is 6.79. The van der Waals surface area contributed by atoms with Gasteiger partial charge in [0.1, 0.15) is 23.8 Å². The number of aromatic hydroxyl groups is 2. The lowest BCUT2D eigenvalue weighted by atomic mass is 10.1. The molecule has 0 radical (unpaired) electrons. The van der Waals surface area contributed by atoms with E-state index in [1.807, 2.05) is 0 Å². The summed E-state index contributed by atoms with van der Waals surface area (Å²) in [6.07, 6.45) is -2.21. The molecule has 12 nitrogen and oxygen atoms in total. The van der Waals surface area contributed by atoms with Gasteiger partial charge in [-0.05, 0) is 42.3 Å². The van der Waals surface area contributed by atoms with Gasteiger partial charge in [0.05, 0.1) is 12.9 Å². The molecule has 0 saturated carbocycles. The number of aromatic nitrogens is 4. The molecule has 2 aromatic heterocycles. The number of nitrogens with two attached hydrogens (primary N) is 2. The van der Waals surface area contributed by atoms with Crippen molar-refractivity contribution in [3.63, 3.8) is 0 Å². The molecule has 0 spiro atoms. The average molecular weight is 455 g/mol. The Kier molecular flexibility index (Phi) is 7.10. The highest BCUT2D eigenvalue weighted by molar-refractivity contribution is 6.28. The van der Waals surface area contributed by atoms with Crippen molar-refractivity contribution < 1.29 is 30.3 Å². The van der Waals surface area contributed by atoms with Gasteiger partial charge in [-0.2, -0.15) is 9.97 Å². The Labute approximate surface area is 181 Å². The standard InChI is InChI=1S/C10H12ClN5O4.C8H11NO2/c11-10-14-7(12)4-8(15-10)16(2-13-4)9-6(19)5(18)3(1-17)20-9;9-4-3-6-1-2-7(10)8(11)5-6/h2-3,5-6,9,17-19H,1H2,(H2,12,14,15);1-2,5,10-11H,3-4,9H2/t3-,5-,6-,9-;/m1./s1. The van der Waals surface area contributed by atoms with Crippen LogP contribution >= 0.6 is 11.6 Å². The Balaban J connectivity index is 0.000000210. The van der Waals surface area contributed by atoms with Crippen molar-refractivity contribution in [2.45, 2.75) is 31.0 Å². The Bertz CT molecular complexity index is 1050. The third kappa shape index (κ3) is 4.79. The summed E-state index contributed by atoms with van der Waals surface area (Å²) in [6.45, 7) is 0.128. The molecule has 4 rings (SSSR count). The Hall–Kier alpha value is -2.74. The van der Waals surface area contributed by atoms with Crippen molar-refractivity contribution in [3.8, 4) is 11.5 Å². The Morgan fingerprint density at radius 2 is 1.87 bits per heavy atom. The zero-order chi connectivity index (χ0) is 22.7. The monoisotopic (exact) mass is 454 g/mol. The normalized spacial score (nSPS) is 23.0. The van der Waals surface area contributed by atoms with Crippen molar-refractivity contribution in [2.24, 2.45) is 5.73 Å². The zero-order valence-corrected chi connectivity index (χ0v) is 17.0. The number of aliphatic hydroxyl groups excluding tert-OH is 3. The van der Waals surface area contributed by atoms with Crippen molar-refractivity contribution in [1.29, 1.82) is 0 Å². The van der Waals surface area contributed by atoms with Gasteiger partial charge in [0.15, 0.2) is 29.2 Å². The SMILES string of the molecule is NCCc1ccc(O)c(O)c1.Nc1nc(Cl)nc2c1ncn2[C@@H]1O[C@H](CO)[C@@H](O)[C@H]1O. The molecule has 0 aliphatic carbocycles. The van der Waals surface area contributed by atoms with Crippen molar-refractivity contribution in [2.75, 3.05) is 18.9 Å². The summed E-state index contributed by atoms with van der Waals surface area (Å²) >= 11 is 5.74. The summed E-state index contributed by atoms with van der Waals surface area (Å²) in [5.41, 5.74) is 12.5. The van der Waals surface area contributed by atoms with Crippen LogP contribution < -0.4 is 11.5 Å². The van der Waals surface area contributed by atoms with Gasteiger partial charge in [-0.25, -0.2) is 4.98 Å². The van der Waals surface area contributed by atoms with Gasteiger partial charge in [0.25, 0.3) is 0 Å². The molecular weight excluding hydrogens is 432 g/mol. The van der Waals surface area contributed by atoms with E-state index < -0.39 is 31.1 Å². The van der Waals surface area contributed by atoms with Crippen LogP contribution in [0.4, 0.5) is 5.82 Å². The van der Waals surface area contributed by atoms with E-state index in [1.54, 1.807) is 6.07 Å². The highest BCUT2D eigenvalue weighted by Gasteiger charge is 2.44. The molecule has 13 heteroatoms. The fourth-order valence-corrected chi connectivity index (χ4v) is 3.27. The van der Waals surface area contributed by atoms with E-state index in [-0.39, 0.29) is 28.2 Å². The summed E-state index contributed by atoms with van der Waals surface area (Å²) in [7, 11) is 0. The van der Waals surface area contributed by atoms with E-state index in [1.165, 1.54) is 23.0 Å². The van der Waals surface area contributed by atoms with E-state index in [0.29, 0.717) is 18.5 Å². The molecule has 3 aromatic rings. The summed E-state index contributed by atoms with van der Waals surface area (Å²) in [5.74, 6) is -0.0767. The fraction of sp³-hybridized carbons (Fsp3) is 0.389. The summed E-state index contributed by atoms with van der Waals surface area (Å²) in [6, 6.07) is 4.71. The van der Waals surface area contributed by atoms with E-state index in [9.17, 15) is 10.2 Å². The first-order chi connectivity index (χ1) is 14.8. The van der Waals surface area contributed by atoms with Crippen LogP contribution in [0, 0.1) is 0 Å². The lowest BCUT2D eigenvalue weighted by Crippen LogP contribution is -2.33. The average Bonchev–Trinajstić information content (AvgIpc) is 3.27. The number of hydrogen-bond donors (Lipinski definition) is 7. The highest BCUT2D eigenvalue weighted by Crippen LogP contribution is 2.32. The van der Waals surface area contributed by atoms with Crippen LogP contribution in [-0.4, -0.2) is 76.5 Å². The molecule has 1 aliphatic rings. The Morgan fingerprint density at radius 1 is 1.13 bits per heavy atom. The van der Waals surface area contributed by atoms with Crippen molar-refractivity contribution in [3.05, 3.63) is 35.4 Å². The van der Waals surface area contributed by atoms with Crippen molar-refractivity contribution in [1.82, 2.24) is 19.5 Å². The number of phenols is 2. The second-order valence-electron chi connectivity index (χ2n) is 6.79. The minimum Gasteiger partial charge on any atom is -0.504 e. The molecule has 0 amide bonds. The number of imidazole rings is 1. The van der Waals surface area contributed by atoms with Crippen LogP contribution in [0.15, 0.2) is 24.5 Å². The highest BCUT2D eigenvalue weighted by atomic mass is 35.5. The minimum absolute atomic E-state index is 0.0662. The van der Waals surface area contributed by atoms with Gasteiger partial charge in [0, 0.05) is 0 Å². The third-order valence-corrected chi connectivity index (χ3v) is 4.85. The number of rotatable bonds is 4. The molecule has 1 aliphatic heterocycles. The molecule has 168 valence electrons. The maximum absolute atomic E-state index is 9.99. The number of anilines is 1. The smallest absolute Gasteiger partial charge is 0.226 e. The number of nitrogen functional groups attached to an aromatic ring is 1. The fourth-order valence-electron chi connectivity index (χ4n) is 3.10. The van der Waals surface area contributed by atoms with Crippen LogP contribution in [0.5, 0.6) is 11.5 Å². The molecule has 3 heterocycles.